The Morgan fingerprint density at radius 3 is 2.32 bits per heavy atom. The lowest BCUT2D eigenvalue weighted by atomic mass is 9.77. The van der Waals surface area contributed by atoms with E-state index in [1.165, 1.54) is 13.8 Å². The second kappa shape index (κ2) is 6.63. The van der Waals surface area contributed by atoms with Crippen molar-refractivity contribution in [1.82, 2.24) is 10.2 Å². The highest BCUT2D eigenvalue weighted by molar-refractivity contribution is 7.80. The summed E-state index contributed by atoms with van der Waals surface area (Å²) in [6.45, 7) is 8.86. The molecule has 25 heavy (non-hydrogen) atoms. The van der Waals surface area contributed by atoms with Crippen LogP contribution in [0.2, 0.25) is 0 Å². The topological polar surface area (TPSA) is 67.9 Å². The van der Waals surface area contributed by atoms with Crippen molar-refractivity contribution in [2.24, 2.45) is 0 Å². The van der Waals surface area contributed by atoms with Gasteiger partial charge in [0.15, 0.2) is 5.11 Å². The van der Waals surface area contributed by atoms with Crippen LogP contribution in [-0.4, -0.2) is 34.5 Å². The maximum Gasteiger partial charge on any atom is 0.308 e. The molecule has 1 N–H and O–H groups in total. The van der Waals surface area contributed by atoms with Gasteiger partial charge in [0.1, 0.15) is 11.5 Å². The molecule has 0 spiro atoms. The van der Waals surface area contributed by atoms with Gasteiger partial charge in [0.2, 0.25) is 0 Å². The van der Waals surface area contributed by atoms with E-state index < -0.39 is 17.5 Å². The normalized spacial score (nSPS) is 22.2. The molecule has 1 aliphatic rings. The van der Waals surface area contributed by atoms with Crippen molar-refractivity contribution >= 4 is 29.3 Å². The van der Waals surface area contributed by atoms with Crippen molar-refractivity contribution in [3.8, 4) is 11.5 Å². The molecular formula is C18H24N2O4S. The second-order valence-electron chi connectivity index (χ2n) is 7.17. The molecule has 2 rings (SSSR count). The highest BCUT2D eigenvalue weighted by Crippen LogP contribution is 2.43. The number of ether oxygens (including phenoxy) is 2. The molecule has 1 aromatic carbocycles. The predicted molar refractivity (Wildman–Crippen MR) is 98.6 cm³/mol. The van der Waals surface area contributed by atoms with Gasteiger partial charge in [-0.25, -0.2) is 0 Å². The van der Waals surface area contributed by atoms with E-state index >= 15 is 0 Å². The Balaban J connectivity index is 2.56. The van der Waals surface area contributed by atoms with Gasteiger partial charge in [-0.2, -0.15) is 0 Å². The minimum absolute atomic E-state index is 0.222. The summed E-state index contributed by atoms with van der Waals surface area (Å²) in [5, 5.41) is 3.93. The first kappa shape index (κ1) is 19.2. The number of thiocarbonyl (C=S) groups is 1. The Hall–Kier alpha value is -2.15. The standard InChI is InChI=1S/C18H24N2O4S/c1-11(21)23-13-7-8-14(15(9-13)24-12(2)22)18(5)10-17(3,4)19-16(25)20(18)6/h7-9H,10H2,1-6H3,(H,19,25)/t18-/m0/s1. The lowest BCUT2D eigenvalue weighted by Crippen LogP contribution is -2.63. The molecule has 136 valence electrons. The molecule has 0 aromatic heterocycles. The van der Waals surface area contributed by atoms with Crippen LogP contribution >= 0.6 is 12.2 Å². The maximum absolute atomic E-state index is 11.6. The van der Waals surface area contributed by atoms with Crippen molar-refractivity contribution < 1.29 is 19.1 Å². The van der Waals surface area contributed by atoms with E-state index in [0.717, 1.165) is 12.0 Å². The maximum atomic E-state index is 11.6. The highest BCUT2D eigenvalue weighted by Gasteiger charge is 2.45. The highest BCUT2D eigenvalue weighted by atomic mass is 32.1. The van der Waals surface area contributed by atoms with Crippen LogP contribution in [-0.2, 0) is 15.1 Å². The molecule has 1 atom stereocenters. The van der Waals surface area contributed by atoms with E-state index in [2.05, 4.69) is 26.1 Å². The van der Waals surface area contributed by atoms with E-state index in [1.54, 1.807) is 12.1 Å². The van der Waals surface area contributed by atoms with Crippen molar-refractivity contribution in [2.45, 2.75) is 52.1 Å². The van der Waals surface area contributed by atoms with Gasteiger partial charge in [0, 0.05) is 38.1 Å². The number of hydrogen-bond donors (Lipinski definition) is 1. The average Bonchev–Trinajstić information content (AvgIpc) is 2.42. The Bertz CT molecular complexity index is 732. The van der Waals surface area contributed by atoms with Crippen molar-refractivity contribution in [3.63, 3.8) is 0 Å². The molecule has 1 fully saturated rings. The zero-order valence-electron chi connectivity index (χ0n) is 15.4. The number of carbonyl (C=O) groups is 2. The largest absolute Gasteiger partial charge is 0.427 e. The molecule has 0 aliphatic carbocycles. The molecule has 0 radical (unpaired) electrons. The molecule has 1 saturated heterocycles. The summed E-state index contributed by atoms with van der Waals surface area (Å²) in [4.78, 5) is 24.8. The third kappa shape index (κ3) is 4.10. The van der Waals surface area contributed by atoms with Gasteiger partial charge < -0.3 is 19.7 Å². The van der Waals surface area contributed by atoms with Gasteiger partial charge in [-0.05, 0) is 51.5 Å². The number of nitrogens with one attached hydrogen (secondary N) is 1. The van der Waals surface area contributed by atoms with Crippen LogP contribution in [0.4, 0.5) is 0 Å². The minimum Gasteiger partial charge on any atom is -0.427 e. The van der Waals surface area contributed by atoms with E-state index in [4.69, 9.17) is 21.7 Å². The van der Waals surface area contributed by atoms with Crippen LogP contribution in [0.5, 0.6) is 11.5 Å². The monoisotopic (exact) mass is 364 g/mol. The average molecular weight is 364 g/mol. The van der Waals surface area contributed by atoms with Crippen LogP contribution < -0.4 is 14.8 Å². The number of hydrogen-bond acceptors (Lipinski definition) is 5. The van der Waals surface area contributed by atoms with Crippen LogP contribution in [0.3, 0.4) is 0 Å². The van der Waals surface area contributed by atoms with E-state index in [-0.39, 0.29) is 5.54 Å². The summed E-state index contributed by atoms with van der Waals surface area (Å²) < 4.78 is 10.5. The molecule has 1 aliphatic heterocycles. The zero-order valence-corrected chi connectivity index (χ0v) is 16.2. The molecule has 1 heterocycles. The lowest BCUT2D eigenvalue weighted by Gasteiger charge is -2.51. The lowest BCUT2D eigenvalue weighted by molar-refractivity contribution is -0.132. The van der Waals surface area contributed by atoms with Gasteiger partial charge in [0.05, 0.1) is 5.54 Å². The summed E-state index contributed by atoms with van der Waals surface area (Å²) in [6.07, 6.45) is 0.734. The number of rotatable bonds is 3. The second-order valence-corrected chi connectivity index (χ2v) is 7.56. The molecule has 7 heteroatoms. The first-order valence-electron chi connectivity index (χ1n) is 8.02. The van der Waals surface area contributed by atoms with Crippen LogP contribution in [0.1, 0.15) is 46.6 Å². The smallest absolute Gasteiger partial charge is 0.308 e. The molecule has 1 aromatic rings. The number of nitrogens with zero attached hydrogens (tertiary/aromatic N) is 1. The zero-order chi connectivity index (χ0) is 19.0. The van der Waals surface area contributed by atoms with Crippen molar-refractivity contribution in [1.29, 1.82) is 0 Å². The Labute approximate surface area is 153 Å². The SMILES string of the molecule is CC(=O)Oc1ccc([C@]2(C)CC(C)(C)NC(=S)N2C)c(OC(C)=O)c1. The fourth-order valence-corrected chi connectivity index (χ4v) is 3.79. The fraction of sp³-hybridized carbons (Fsp3) is 0.500. The molecular weight excluding hydrogens is 340 g/mol. The number of benzene rings is 1. The predicted octanol–water partition coefficient (Wildman–Crippen LogP) is 2.74. The Kier molecular flexibility index (Phi) is 5.09. The van der Waals surface area contributed by atoms with Gasteiger partial charge in [-0.1, -0.05) is 0 Å². The Morgan fingerprint density at radius 2 is 1.76 bits per heavy atom. The quantitative estimate of drug-likeness (QED) is 0.502. The number of esters is 2. The summed E-state index contributed by atoms with van der Waals surface area (Å²) in [5.41, 5.74) is 0.0872. The van der Waals surface area contributed by atoms with Gasteiger partial charge in [-0.3, -0.25) is 9.59 Å². The van der Waals surface area contributed by atoms with E-state index in [0.29, 0.717) is 16.6 Å². The summed E-state index contributed by atoms with van der Waals surface area (Å²) >= 11 is 5.48. The molecule has 0 amide bonds. The van der Waals surface area contributed by atoms with Crippen molar-refractivity contribution in [2.75, 3.05) is 7.05 Å². The van der Waals surface area contributed by atoms with Crippen LogP contribution in [0, 0.1) is 0 Å². The molecule has 0 unspecified atom stereocenters. The summed E-state index contributed by atoms with van der Waals surface area (Å²) in [7, 11) is 1.90. The molecule has 0 saturated carbocycles. The minimum atomic E-state index is -0.495. The molecule has 6 nitrogen and oxygen atoms in total. The summed E-state index contributed by atoms with van der Waals surface area (Å²) in [6, 6.07) is 5.08. The van der Waals surface area contributed by atoms with Gasteiger partial charge in [0.25, 0.3) is 0 Å². The van der Waals surface area contributed by atoms with Crippen LogP contribution in [0.25, 0.3) is 0 Å². The first-order chi connectivity index (χ1) is 11.4. The fourth-order valence-electron chi connectivity index (χ4n) is 3.31. The van der Waals surface area contributed by atoms with Gasteiger partial charge in [-0.15, -0.1) is 0 Å². The van der Waals surface area contributed by atoms with Gasteiger partial charge >= 0.3 is 11.9 Å². The van der Waals surface area contributed by atoms with Crippen molar-refractivity contribution in [3.05, 3.63) is 23.8 Å². The van der Waals surface area contributed by atoms with E-state index in [1.807, 2.05) is 18.0 Å². The third-order valence-corrected chi connectivity index (χ3v) is 4.70. The van der Waals surface area contributed by atoms with E-state index in [9.17, 15) is 9.59 Å². The van der Waals surface area contributed by atoms with Crippen LogP contribution in [0.15, 0.2) is 18.2 Å². The summed E-state index contributed by atoms with van der Waals surface area (Å²) in [5.74, 6) is -0.187. The molecule has 0 bridgehead atoms. The Morgan fingerprint density at radius 1 is 1.16 bits per heavy atom. The number of carbonyl (C=O) groups excluding carboxylic acids is 2. The first-order valence-corrected chi connectivity index (χ1v) is 8.43. The third-order valence-electron chi connectivity index (χ3n) is 4.32.